The molecule has 0 bridgehead atoms. The lowest BCUT2D eigenvalue weighted by molar-refractivity contribution is -0.145. The van der Waals surface area contributed by atoms with Gasteiger partial charge >= 0.3 is 0 Å². The Hall–Kier alpha value is -3.27. The number of oxime groups is 1. The van der Waals surface area contributed by atoms with Crippen molar-refractivity contribution in [2.24, 2.45) is 16.5 Å². The van der Waals surface area contributed by atoms with Crippen molar-refractivity contribution in [2.45, 2.75) is 123 Å². The Morgan fingerprint density at radius 2 is 1.82 bits per heavy atom. The van der Waals surface area contributed by atoms with Gasteiger partial charge in [-0.15, -0.1) is 0 Å². The van der Waals surface area contributed by atoms with E-state index in [1.54, 1.807) is 12.1 Å². The molecule has 1 aliphatic carbocycles. The number of benzene rings is 1. The van der Waals surface area contributed by atoms with Crippen LogP contribution >= 0.6 is 11.6 Å². The number of hydrogen-bond donors (Lipinski definition) is 2. The molecule has 11 heteroatoms. The summed E-state index contributed by atoms with van der Waals surface area (Å²) >= 11 is 6.22. The Labute approximate surface area is 271 Å². The third-order valence-electron chi connectivity index (χ3n) is 9.16. The summed E-state index contributed by atoms with van der Waals surface area (Å²) in [6.07, 6.45) is 7.08. The zero-order valence-electron chi connectivity index (χ0n) is 27.1. The smallest absolute Gasteiger partial charge is 0.246 e. The van der Waals surface area contributed by atoms with Crippen LogP contribution in [-0.2, 0) is 28.8 Å². The molecule has 0 radical (unpaired) electrons. The molecular weight excluding hydrogens is 596 g/mol. The van der Waals surface area contributed by atoms with Crippen molar-refractivity contribution in [3.63, 3.8) is 0 Å². The van der Waals surface area contributed by atoms with Gasteiger partial charge in [-0.3, -0.25) is 24.0 Å². The lowest BCUT2D eigenvalue weighted by Gasteiger charge is -2.36. The van der Waals surface area contributed by atoms with Gasteiger partial charge in [0.05, 0.1) is 18.3 Å². The van der Waals surface area contributed by atoms with Gasteiger partial charge in [0.15, 0.2) is 11.4 Å². The highest BCUT2D eigenvalue weighted by atomic mass is 35.5. The Morgan fingerprint density at radius 3 is 2.44 bits per heavy atom. The van der Waals surface area contributed by atoms with Gasteiger partial charge in [0, 0.05) is 36.8 Å². The average molecular weight is 643 g/mol. The molecule has 0 aromatic heterocycles. The number of ketones is 2. The lowest BCUT2D eigenvalue weighted by Crippen LogP contribution is -2.59. The van der Waals surface area contributed by atoms with Gasteiger partial charge in [0.1, 0.15) is 12.1 Å². The summed E-state index contributed by atoms with van der Waals surface area (Å²) in [5.74, 6) is -2.15. The van der Waals surface area contributed by atoms with Crippen LogP contribution in [0.1, 0.15) is 104 Å². The van der Waals surface area contributed by atoms with Crippen molar-refractivity contribution in [1.82, 2.24) is 15.5 Å². The maximum Gasteiger partial charge on any atom is 0.246 e. The predicted octanol–water partition coefficient (Wildman–Crippen LogP) is 4.75. The molecule has 1 spiro atoms. The fourth-order valence-corrected chi connectivity index (χ4v) is 6.90. The Morgan fingerprint density at radius 1 is 1.11 bits per heavy atom. The molecule has 2 heterocycles. The van der Waals surface area contributed by atoms with Gasteiger partial charge in [0.25, 0.3) is 0 Å². The molecule has 2 N–H and O–H groups in total. The number of halogens is 1. The zero-order valence-corrected chi connectivity index (χ0v) is 27.9. The first-order valence-corrected chi connectivity index (χ1v) is 16.6. The average Bonchev–Trinajstić information content (AvgIpc) is 3.58. The number of carbonyl (C=O) groups excluding carboxylic acids is 5. The minimum atomic E-state index is -1.01. The van der Waals surface area contributed by atoms with Crippen LogP contribution in [0.15, 0.2) is 29.4 Å². The summed E-state index contributed by atoms with van der Waals surface area (Å²) in [5.41, 5.74) is -0.225. The van der Waals surface area contributed by atoms with E-state index in [1.165, 1.54) is 18.2 Å². The van der Waals surface area contributed by atoms with Crippen molar-refractivity contribution in [3.05, 3.63) is 34.9 Å². The topological polar surface area (TPSA) is 134 Å². The maximum atomic E-state index is 14.4. The molecule has 45 heavy (non-hydrogen) atoms. The first kappa shape index (κ1) is 34.6. The van der Waals surface area contributed by atoms with E-state index in [1.807, 2.05) is 39.8 Å². The van der Waals surface area contributed by atoms with E-state index in [0.717, 1.165) is 31.2 Å². The van der Waals surface area contributed by atoms with E-state index in [9.17, 15) is 24.0 Å². The van der Waals surface area contributed by atoms with E-state index >= 15 is 0 Å². The molecule has 4 atom stereocenters. The first-order valence-electron chi connectivity index (χ1n) is 16.2. The maximum absolute atomic E-state index is 14.4. The second kappa shape index (κ2) is 14.4. The third kappa shape index (κ3) is 8.51. The molecule has 1 saturated carbocycles. The lowest BCUT2D eigenvalue weighted by atomic mass is 9.84. The first-order chi connectivity index (χ1) is 21.2. The number of likely N-dealkylation sites (tertiary alicyclic amines) is 1. The number of rotatable bonds is 11. The fraction of sp³-hybridized carbons (Fsp3) is 0.647. The van der Waals surface area contributed by atoms with Crippen LogP contribution in [0.4, 0.5) is 0 Å². The van der Waals surface area contributed by atoms with Crippen molar-refractivity contribution in [1.29, 1.82) is 0 Å². The SMILES string of the molecule is CCC[C@H](NC(=O)[C@@H]1C[C@]2(CC(c3cccc(Cl)c3)=NO2)CN1C(=O)[C@@H](NC(=O)CC1CCCCC1)C(C)(C)C)C(=O)C(C)=O. The predicted molar refractivity (Wildman–Crippen MR) is 172 cm³/mol. The summed E-state index contributed by atoms with van der Waals surface area (Å²) in [5, 5.41) is 10.6. The Kier molecular flexibility index (Phi) is 11.1. The van der Waals surface area contributed by atoms with Crippen LogP contribution in [0, 0.1) is 11.3 Å². The summed E-state index contributed by atoms with van der Waals surface area (Å²) in [6, 6.07) is 4.32. The number of hydrogen-bond acceptors (Lipinski definition) is 7. The van der Waals surface area contributed by atoms with Gasteiger partial charge < -0.3 is 20.4 Å². The molecule has 246 valence electrons. The molecule has 3 amide bonds. The highest BCUT2D eigenvalue weighted by Gasteiger charge is 2.55. The minimum absolute atomic E-state index is 0.0572. The van der Waals surface area contributed by atoms with E-state index in [0.29, 0.717) is 35.9 Å². The van der Waals surface area contributed by atoms with Crippen LogP contribution in [0.3, 0.4) is 0 Å². The van der Waals surface area contributed by atoms with E-state index in [-0.39, 0.29) is 25.3 Å². The summed E-state index contributed by atoms with van der Waals surface area (Å²) in [4.78, 5) is 73.6. The molecule has 1 saturated heterocycles. The molecular formula is C34H47ClN4O6. The second-order valence-corrected chi connectivity index (χ2v) is 14.5. The number of nitrogens with one attached hydrogen (secondary N) is 2. The quantitative estimate of drug-likeness (QED) is 0.335. The van der Waals surface area contributed by atoms with Crippen LogP contribution in [0.2, 0.25) is 5.02 Å². The van der Waals surface area contributed by atoms with Crippen LogP contribution < -0.4 is 10.6 Å². The number of nitrogens with zero attached hydrogens (tertiary/aromatic N) is 2. The molecule has 10 nitrogen and oxygen atoms in total. The summed E-state index contributed by atoms with van der Waals surface area (Å²) in [7, 11) is 0. The number of carbonyl (C=O) groups is 5. The Bertz CT molecular complexity index is 1330. The van der Waals surface area contributed by atoms with Crippen molar-refractivity contribution in [2.75, 3.05) is 6.54 Å². The van der Waals surface area contributed by atoms with Gasteiger partial charge in [-0.25, -0.2) is 0 Å². The normalized spacial score (nSPS) is 23.2. The second-order valence-electron chi connectivity index (χ2n) is 14.0. The molecule has 1 aromatic carbocycles. The van der Waals surface area contributed by atoms with Crippen molar-refractivity contribution in [3.8, 4) is 0 Å². The third-order valence-corrected chi connectivity index (χ3v) is 9.39. The van der Waals surface area contributed by atoms with Crippen molar-refractivity contribution < 1.29 is 28.8 Å². The van der Waals surface area contributed by atoms with E-state index in [4.69, 9.17) is 16.4 Å². The van der Waals surface area contributed by atoms with E-state index < -0.39 is 52.5 Å². The minimum Gasteiger partial charge on any atom is -0.387 e. The zero-order chi connectivity index (χ0) is 32.9. The largest absolute Gasteiger partial charge is 0.387 e. The van der Waals surface area contributed by atoms with Gasteiger partial charge in [-0.2, -0.15) is 0 Å². The Balaban J connectivity index is 1.60. The van der Waals surface area contributed by atoms with E-state index in [2.05, 4.69) is 15.8 Å². The van der Waals surface area contributed by atoms with Gasteiger partial charge in [-0.05, 0) is 42.7 Å². The van der Waals surface area contributed by atoms with Crippen LogP contribution in [-0.4, -0.2) is 70.2 Å². The molecule has 0 unspecified atom stereocenters. The summed E-state index contributed by atoms with van der Waals surface area (Å²) < 4.78 is 0. The van der Waals surface area contributed by atoms with Gasteiger partial charge in [0.2, 0.25) is 23.5 Å². The van der Waals surface area contributed by atoms with Gasteiger partial charge in [-0.1, -0.05) is 82.3 Å². The number of Topliss-reactive ketones (excluding diaryl/α,β-unsaturated/α-hetero) is 2. The summed E-state index contributed by atoms with van der Waals surface area (Å²) in [6.45, 7) is 8.74. The molecule has 3 aliphatic rings. The molecule has 2 aliphatic heterocycles. The number of amides is 3. The highest BCUT2D eigenvalue weighted by molar-refractivity contribution is 6.38. The van der Waals surface area contributed by atoms with Crippen LogP contribution in [0.25, 0.3) is 0 Å². The van der Waals surface area contributed by atoms with Crippen LogP contribution in [0.5, 0.6) is 0 Å². The molecule has 1 aromatic rings. The highest BCUT2D eigenvalue weighted by Crippen LogP contribution is 2.40. The monoisotopic (exact) mass is 642 g/mol. The molecule has 2 fully saturated rings. The molecule has 4 rings (SSSR count). The standard InChI is InChI=1S/C34H47ClN4O6/c1-6-11-25(29(42)21(2)40)36-31(43)27-19-34(18-26(38-45-34)23-14-10-15-24(35)17-23)20-39(27)32(44)30(33(3,4)5)37-28(41)16-22-12-8-7-9-13-22/h10,14-15,17,22,25,27,30H,6-9,11-13,16,18-20H2,1-5H3,(H,36,43)(H,37,41)/t25-,27-,30+,34+/m0/s1. The van der Waals surface area contributed by atoms with Crippen molar-refractivity contribution >= 4 is 46.6 Å². The fourth-order valence-electron chi connectivity index (χ4n) is 6.71.